The number of aryl methyl sites for hydroxylation is 2. The SMILES string of the molecule is C=Cc1ccc(CCC(COc2ccc(C=C)cc2)(COc2ccc(C=C)cc2)OC(CCc2ccc(C=C)cc2)(COc2ccc(C=C)cc2)COc2ccc(C=C)cc2)cc1. The van der Waals surface area contributed by atoms with Gasteiger partial charge in [0.2, 0.25) is 0 Å². The quantitative estimate of drug-likeness (QED) is 0.0545. The zero-order valence-electron chi connectivity index (χ0n) is 36.3. The summed E-state index contributed by atoms with van der Waals surface area (Å²) in [7, 11) is 0. The standard InChI is InChI=1S/C58H58O5/c1-7-45-13-17-51(18-14-45)37-39-57(41-59-53-29-21-47(9-3)22-30-53,42-60-54-31-23-48(10-4)24-32-54)63-58(40-38-52-19-15-46(8-2)16-20-52,43-61-55-33-25-49(11-5)26-34-55)44-62-56-35-27-50(12-6)28-36-56/h7-36H,1-6,37-44H2. The summed E-state index contributed by atoms with van der Waals surface area (Å²) in [6.07, 6.45) is 13.4. The summed E-state index contributed by atoms with van der Waals surface area (Å²) >= 11 is 0. The Morgan fingerprint density at radius 2 is 0.508 bits per heavy atom. The van der Waals surface area contributed by atoms with Gasteiger partial charge < -0.3 is 23.7 Å². The van der Waals surface area contributed by atoms with E-state index in [9.17, 15) is 0 Å². The molecule has 0 saturated heterocycles. The molecule has 0 aromatic heterocycles. The highest BCUT2D eigenvalue weighted by atomic mass is 16.6. The van der Waals surface area contributed by atoms with Crippen molar-refractivity contribution in [3.63, 3.8) is 0 Å². The van der Waals surface area contributed by atoms with Crippen LogP contribution in [-0.2, 0) is 17.6 Å². The molecule has 0 heterocycles. The van der Waals surface area contributed by atoms with Crippen LogP contribution in [0.1, 0.15) is 57.3 Å². The van der Waals surface area contributed by atoms with Gasteiger partial charge in [-0.05, 0) is 119 Å². The fraction of sp³-hybridized carbons (Fsp3) is 0.172. The summed E-state index contributed by atoms with van der Waals surface area (Å²) in [6.45, 7) is 24.3. The van der Waals surface area contributed by atoms with Gasteiger partial charge in [-0.2, -0.15) is 0 Å². The smallest absolute Gasteiger partial charge is 0.137 e. The zero-order chi connectivity index (χ0) is 44.3. The molecule has 5 heteroatoms. The Bertz CT molecular complexity index is 1950. The van der Waals surface area contributed by atoms with Crippen molar-refractivity contribution >= 4 is 36.5 Å². The largest absolute Gasteiger partial charge is 0.490 e. The Hall–Kier alpha value is -7.08. The predicted molar refractivity (Wildman–Crippen MR) is 264 cm³/mol. The molecule has 63 heavy (non-hydrogen) atoms. The number of hydrogen-bond donors (Lipinski definition) is 0. The number of ether oxygens (including phenoxy) is 5. The molecule has 6 rings (SSSR count). The zero-order valence-corrected chi connectivity index (χ0v) is 36.3. The van der Waals surface area contributed by atoms with Crippen molar-refractivity contribution in [2.45, 2.75) is 36.9 Å². The van der Waals surface area contributed by atoms with Gasteiger partial charge in [0, 0.05) is 0 Å². The summed E-state index contributed by atoms with van der Waals surface area (Å²) in [5.74, 6) is 2.79. The number of hydrogen-bond acceptors (Lipinski definition) is 5. The molecule has 0 amide bonds. The molecule has 0 aliphatic rings. The normalized spacial score (nSPS) is 11.2. The second-order valence-electron chi connectivity index (χ2n) is 15.6. The fourth-order valence-electron chi connectivity index (χ4n) is 7.10. The minimum Gasteiger partial charge on any atom is -0.490 e. The predicted octanol–water partition coefficient (Wildman–Crippen LogP) is 13.9. The van der Waals surface area contributed by atoms with Crippen LogP contribution in [0.4, 0.5) is 0 Å². The van der Waals surface area contributed by atoms with Crippen LogP contribution in [-0.4, -0.2) is 37.6 Å². The van der Waals surface area contributed by atoms with Crippen LogP contribution in [0.15, 0.2) is 185 Å². The molecule has 0 atom stereocenters. The van der Waals surface area contributed by atoms with Crippen LogP contribution in [0.3, 0.4) is 0 Å². The highest BCUT2D eigenvalue weighted by Crippen LogP contribution is 2.34. The van der Waals surface area contributed by atoms with Gasteiger partial charge in [0.05, 0.1) is 0 Å². The van der Waals surface area contributed by atoms with Gasteiger partial charge in [-0.3, -0.25) is 0 Å². The number of benzene rings is 6. The van der Waals surface area contributed by atoms with Gasteiger partial charge in [0.15, 0.2) is 0 Å². The molecule has 0 saturated carbocycles. The lowest BCUT2D eigenvalue weighted by atomic mass is 9.90. The van der Waals surface area contributed by atoms with Gasteiger partial charge in [-0.1, -0.05) is 173 Å². The highest BCUT2D eigenvalue weighted by Gasteiger charge is 2.45. The molecule has 0 bridgehead atoms. The maximum absolute atomic E-state index is 7.83. The first-order valence-electron chi connectivity index (χ1n) is 21.3. The Kier molecular flexibility index (Phi) is 16.4. The molecule has 6 aromatic carbocycles. The van der Waals surface area contributed by atoms with E-state index in [0.29, 0.717) is 48.7 Å². The van der Waals surface area contributed by atoms with Crippen molar-refractivity contribution in [2.75, 3.05) is 26.4 Å². The molecule has 0 aliphatic heterocycles. The molecule has 6 aromatic rings. The van der Waals surface area contributed by atoms with Crippen LogP contribution in [0.5, 0.6) is 23.0 Å². The van der Waals surface area contributed by atoms with Crippen molar-refractivity contribution in [1.82, 2.24) is 0 Å². The van der Waals surface area contributed by atoms with E-state index in [1.54, 1.807) is 0 Å². The van der Waals surface area contributed by atoms with E-state index < -0.39 is 11.2 Å². The topological polar surface area (TPSA) is 46.2 Å². The Morgan fingerprint density at radius 1 is 0.302 bits per heavy atom. The molecular weight excluding hydrogens is 777 g/mol. The van der Waals surface area contributed by atoms with Crippen molar-refractivity contribution in [3.8, 4) is 23.0 Å². The minimum absolute atomic E-state index is 0.160. The van der Waals surface area contributed by atoms with Crippen molar-refractivity contribution < 1.29 is 23.7 Å². The second-order valence-corrected chi connectivity index (χ2v) is 15.6. The molecule has 0 unspecified atom stereocenters. The molecule has 5 nitrogen and oxygen atoms in total. The van der Waals surface area contributed by atoms with Gasteiger partial charge in [-0.25, -0.2) is 0 Å². The van der Waals surface area contributed by atoms with E-state index in [-0.39, 0.29) is 26.4 Å². The van der Waals surface area contributed by atoms with Crippen LogP contribution in [0.2, 0.25) is 0 Å². The number of rotatable bonds is 26. The maximum Gasteiger partial charge on any atom is 0.137 e. The fourth-order valence-corrected chi connectivity index (χ4v) is 7.10. The summed E-state index contributed by atoms with van der Waals surface area (Å²) in [4.78, 5) is 0. The summed E-state index contributed by atoms with van der Waals surface area (Å²) in [5, 5.41) is 0. The van der Waals surface area contributed by atoms with Gasteiger partial charge >= 0.3 is 0 Å². The van der Waals surface area contributed by atoms with Gasteiger partial charge in [0.1, 0.15) is 60.6 Å². The van der Waals surface area contributed by atoms with Crippen LogP contribution in [0, 0.1) is 0 Å². The molecule has 0 radical (unpaired) electrons. The lowest BCUT2D eigenvalue weighted by Crippen LogP contribution is -2.57. The van der Waals surface area contributed by atoms with E-state index in [1.807, 2.05) is 134 Å². The first-order chi connectivity index (χ1) is 30.8. The third-order valence-electron chi connectivity index (χ3n) is 11.1. The summed E-state index contributed by atoms with van der Waals surface area (Å²) in [5.41, 5.74) is 6.27. The average molecular weight is 835 g/mol. The third-order valence-corrected chi connectivity index (χ3v) is 11.1. The minimum atomic E-state index is -1.05. The Morgan fingerprint density at radius 3 is 0.714 bits per heavy atom. The lowest BCUT2D eigenvalue weighted by Gasteiger charge is -2.43. The lowest BCUT2D eigenvalue weighted by molar-refractivity contribution is -0.210. The van der Waals surface area contributed by atoms with Crippen molar-refractivity contribution in [1.29, 1.82) is 0 Å². The maximum atomic E-state index is 7.83. The van der Waals surface area contributed by atoms with E-state index >= 15 is 0 Å². The highest BCUT2D eigenvalue weighted by molar-refractivity contribution is 5.51. The molecule has 0 N–H and O–H groups in total. The first-order valence-corrected chi connectivity index (χ1v) is 21.3. The molecular formula is C58H58O5. The van der Waals surface area contributed by atoms with Crippen molar-refractivity contribution in [3.05, 3.63) is 230 Å². The molecule has 0 aliphatic carbocycles. The van der Waals surface area contributed by atoms with Crippen molar-refractivity contribution in [2.24, 2.45) is 0 Å². The molecule has 0 spiro atoms. The third kappa shape index (κ3) is 13.5. The molecule has 320 valence electrons. The van der Waals surface area contributed by atoms with Gasteiger partial charge in [0.25, 0.3) is 0 Å². The van der Waals surface area contributed by atoms with E-state index in [2.05, 4.69) is 88.0 Å². The van der Waals surface area contributed by atoms with Gasteiger partial charge in [-0.15, -0.1) is 0 Å². The van der Waals surface area contributed by atoms with E-state index in [4.69, 9.17) is 23.7 Å². The average Bonchev–Trinajstić information content (AvgIpc) is 3.35. The molecule has 0 fully saturated rings. The Balaban J connectivity index is 1.46. The van der Waals surface area contributed by atoms with Crippen LogP contribution < -0.4 is 18.9 Å². The van der Waals surface area contributed by atoms with E-state index in [1.165, 1.54) is 0 Å². The second kappa shape index (κ2) is 22.7. The summed E-state index contributed by atoms with van der Waals surface area (Å²) < 4.78 is 34.9. The van der Waals surface area contributed by atoms with E-state index in [0.717, 1.165) is 44.5 Å². The monoisotopic (exact) mass is 834 g/mol. The van der Waals surface area contributed by atoms with Crippen LogP contribution >= 0.6 is 0 Å². The van der Waals surface area contributed by atoms with Crippen LogP contribution in [0.25, 0.3) is 36.5 Å². The Labute approximate surface area is 374 Å². The first kappa shape index (κ1) is 45.4. The summed E-state index contributed by atoms with van der Waals surface area (Å²) in [6, 6.07) is 48.4.